The van der Waals surface area contributed by atoms with Gasteiger partial charge in [0.05, 0.1) is 11.6 Å². The number of hydrogen-bond donors (Lipinski definition) is 1. The van der Waals surface area contributed by atoms with Crippen LogP contribution in [0.2, 0.25) is 0 Å². The molecular formula is C23H23FN4OS. The highest BCUT2D eigenvalue weighted by Gasteiger charge is 2.34. The molecule has 1 aromatic heterocycles. The van der Waals surface area contributed by atoms with Gasteiger partial charge in [0, 0.05) is 17.8 Å². The highest BCUT2D eigenvalue weighted by molar-refractivity contribution is 7.80. The maximum Gasteiger partial charge on any atom is 0.258 e. The molecule has 30 heavy (non-hydrogen) atoms. The molecule has 0 amide bonds. The average Bonchev–Trinajstić information content (AvgIpc) is 3.21. The average molecular weight is 423 g/mol. The summed E-state index contributed by atoms with van der Waals surface area (Å²) in [6, 6.07) is 15.7. The lowest BCUT2D eigenvalue weighted by molar-refractivity contribution is 0.385. The maximum absolute atomic E-state index is 14.0. The molecule has 1 unspecified atom stereocenters. The predicted octanol–water partition coefficient (Wildman–Crippen LogP) is 5.19. The quantitative estimate of drug-likeness (QED) is 0.571. The minimum absolute atomic E-state index is 0.308. The van der Waals surface area contributed by atoms with Gasteiger partial charge in [-0.3, -0.25) is 0 Å². The number of benzene rings is 2. The van der Waals surface area contributed by atoms with E-state index in [-0.39, 0.29) is 11.9 Å². The van der Waals surface area contributed by atoms with Crippen molar-refractivity contribution in [2.45, 2.75) is 26.8 Å². The van der Waals surface area contributed by atoms with Crippen LogP contribution < -0.4 is 5.32 Å². The number of nitrogens with one attached hydrogen (secondary N) is 1. The molecule has 1 N–H and O–H groups in total. The summed E-state index contributed by atoms with van der Waals surface area (Å²) < 4.78 is 19.7. The van der Waals surface area contributed by atoms with Crippen molar-refractivity contribution in [3.05, 3.63) is 77.6 Å². The second kappa shape index (κ2) is 8.36. The Morgan fingerprint density at radius 1 is 1.17 bits per heavy atom. The Morgan fingerprint density at radius 2 is 1.93 bits per heavy atom. The van der Waals surface area contributed by atoms with E-state index in [4.69, 9.17) is 16.7 Å². The SMILES string of the molecule is CC1=C(c2nc(-c3ccccc3)no2)C(c2cccc(F)c2)NC(=S)N1CC(C)C. The predicted molar refractivity (Wildman–Crippen MR) is 119 cm³/mol. The van der Waals surface area contributed by atoms with Crippen LogP contribution in [0.1, 0.15) is 38.3 Å². The molecule has 0 saturated heterocycles. The van der Waals surface area contributed by atoms with E-state index in [1.807, 2.05) is 48.2 Å². The van der Waals surface area contributed by atoms with E-state index in [0.29, 0.717) is 22.7 Å². The Kier molecular flexibility index (Phi) is 5.63. The fourth-order valence-corrected chi connectivity index (χ4v) is 3.95. The van der Waals surface area contributed by atoms with Crippen LogP contribution in [0, 0.1) is 11.7 Å². The van der Waals surface area contributed by atoms with Crippen LogP contribution >= 0.6 is 12.2 Å². The minimum Gasteiger partial charge on any atom is -0.351 e. The van der Waals surface area contributed by atoms with E-state index in [9.17, 15) is 4.39 Å². The van der Waals surface area contributed by atoms with E-state index in [1.54, 1.807) is 6.07 Å². The van der Waals surface area contributed by atoms with Crippen LogP contribution in [-0.4, -0.2) is 26.7 Å². The van der Waals surface area contributed by atoms with Crippen LogP contribution in [-0.2, 0) is 0 Å². The number of halogens is 1. The topological polar surface area (TPSA) is 54.2 Å². The van der Waals surface area contributed by atoms with Crippen molar-refractivity contribution in [2.75, 3.05) is 6.54 Å². The van der Waals surface area contributed by atoms with E-state index in [1.165, 1.54) is 12.1 Å². The zero-order valence-corrected chi connectivity index (χ0v) is 17.9. The van der Waals surface area contributed by atoms with Crippen molar-refractivity contribution >= 4 is 22.9 Å². The minimum atomic E-state index is -0.388. The van der Waals surface area contributed by atoms with Gasteiger partial charge < -0.3 is 14.7 Å². The van der Waals surface area contributed by atoms with Crippen LogP contribution in [0.4, 0.5) is 4.39 Å². The first-order valence-electron chi connectivity index (χ1n) is 9.88. The molecule has 0 saturated carbocycles. The van der Waals surface area contributed by atoms with E-state index in [0.717, 1.165) is 28.9 Å². The molecule has 0 fully saturated rings. The number of aromatic nitrogens is 2. The van der Waals surface area contributed by atoms with Crippen LogP contribution in [0.5, 0.6) is 0 Å². The van der Waals surface area contributed by atoms with Crippen molar-refractivity contribution in [3.8, 4) is 11.4 Å². The Balaban J connectivity index is 1.83. The molecule has 2 aromatic carbocycles. The highest BCUT2D eigenvalue weighted by Crippen LogP contribution is 2.37. The molecule has 0 bridgehead atoms. The number of thiocarbonyl (C=S) groups is 1. The standard InChI is InChI=1S/C23H23FN4OS/c1-14(2)13-28-15(3)19(20(25-23(28)30)17-10-7-11-18(24)12-17)22-26-21(27-29-22)16-8-5-4-6-9-16/h4-12,14,20H,13H2,1-3H3,(H,25,30). The van der Waals surface area contributed by atoms with Gasteiger partial charge in [-0.15, -0.1) is 0 Å². The first-order valence-corrected chi connectivity index (χ1v) is 10.3. The summed E-state index contributed by atoms with van der Waals surface area (Å²) in [4.78, 5) is 6.69. The summed E-state index contributed by atoms with van der Waals surface area (Å²) in [6.45, 7) is 7.00. The molecule has 5 nitrogen and oxygen atoms in total. The third kappa shape index (κ3) is 3.98. The third-order valence-electron chi connectivity index (χ3n) is 5.01. The summed E-state index contributed by atoms with van der Waals surface area (Å²) in [5, 5.41) is 8.12. The normalized spacial score (nSPS) is 16.9. The monoisotopic (exact) mass is 422 g/mol. The maximum atomic E-state index is 14.0. The molecule has 7 heteroatoms. The molecule has 2 heterocycles. The van der Waals surface area contributed by atoms with Crippen molar-refractivity contribution < 1.29 is 8.91 Å². The van der Waals surface area contributed by atoms with Gasteiger partial charge >= 0.3 is 0 Å². The van der Waals surface area contributed by atoms with Gasteiger partial charge in [0.1, 0.15) is 5.82 Å². The zero-order chi connectivity index (χ0) is 21.3. The lowest BCUT2D eigenvalue weighted by Crippen LogP contribution is -2.47. The fourth-order valence-electron chi connectivity index (χ4n) is 3.62. The molecule has 0 radical (unpaired) electrons. The van der Waals surface area contributed by atoms with E-state index < -0.39 is 0 Å². The Hall–Kier alpha value is -3.06. The van der Waals surface area contributed by atoms with Gasteiger partial charge in [0.2, 0.25) is 5.82 Å². The van der Waals surface area contributed by atoms with E-state index >= 15 is 0 Å². The number of nitrogens with zero attached hydrogens (tertiary/aromatic N) is 3. The first kappa shape index (κ1) is 20.2. The van der Waals surface area contributed by atoms with E-state index in [2.05, 4.69) is 29.3 Å². The van der Waals surface area contributed by atoms with Gasteiger partial charge in [0.25, 0.3) is 5.89 Å². The van der Waals surface area contributed by atoms with Gasteiger partial charge in [-0.25, -0.2) is 4.39 Å². The van der Waals surface area contributed by atoms with Gasteiger partial charge in [-0.05, 0) is 42.8 Å². The summed E-state index contributed by atoms with van der Waals surface area (Å²) in [7, 11) is 0. The lowest BCUT2D eigenvalue weighted by atomic mass is 9.94. The van der Waals surface area contributed by atoms with Crippen molar-refractivity contribution in [2.24, 2.45) is 5.92 Å². The Morgan fingerprint density at radius 3 is 2.63 bits per heavy atom. The number of allylic oxidation sites excluding steroid dienone is 1. The highest BCUT2D eigenvalue weighted by atomic mass is 32.1. The lowest BCUT2D eigenvalue weighted by Gasteiger charge is -2.38. The molecule has 3 aromatic rings. The second-order valence-corrected chi connectivity index (χ2v) is 8.12. The molecule has 0 aliphatic carbocycles. The third-order valence-corrected chi connectivity index (χ3v) is 5.35. The Bertz CT molecular complexity index is 1090. The van der Waals surface area contributed by atoms with Crippen LogP contribution in [0.25, 0.3) is 17.0 Å². The van der Waals surface area contributed by atoms with Gasteiger partial charge in [-0.1, -0.05) is 61.5 Å². The number of hydrogen-bond acceptors (Lipinski definition) is 4. The van der Waals surface area contributed by atoms with Gasteiger partial charge in [-0.2, -0.15) is 4.98 Å². The van der Waals surface area contributed by atoms with Gasteiger partial charge in [0.15, 0.2) is 5.11 Å². The summed E-state index contributed by atoms with van der Waals surface area (Å²) in [6.07, 6.45) is 0. The molecule has 154 valence electrons. The molecule has 1 aliphatic rings. The fraction of sp³-hybridized carbons (Fsp3) is 0.261. The first-order chi connectivity index (χ1) is 14.4. The molecular weight excluding hydrogens is 399 g/mol. The smallest absolute Gasteiger partial charge is 0.258 e. The molecule has 1 aliphatic heterocycles. The second-order valence-electron chi connectivity index (χ2n) is 7.73. The van der Waals surface area contributed by atoms with Crippen LogP contribution in [0.3, 0.4) is 0 Å². The summed E-state index contributed by atoms with van der Waals surface area (Å²) in [5.74, 6) is 0.989. The molecule has 1 atom stereocenters. The van der Waals surface area contributed by atoms with Crippen molar-refractivity contribution in [3.63, 3.8) is 0 Å². The summed E-state index contributed by atoms with van der Waals surface area (Å²) in [5.41, 5.74) is 3.33. The van der Waals surface area contributed by atoms with Crippen LogP contribution in [0.15, 0.2) is 64.8 Å². The zero-order valence-electron chi connectivity index (χ0n) is 17.1. The van der Waals surface area contributed by atoms with Crippen molar-refractivity contribution in [1.82, 2.24) is 20.4 Å². The van der Waals surface area contributed by atoms with Crippen molar-refractivity contribution in [1.29, 1.82) is 0 Å². The number of rotatable bonds is 5. The largest absolute Gasteiger partial charge is 0.351 e. The molecule has 4 rings (SSSR count). The Labute approximate surface area is 180 Å². The molecule has 0 spiro atoms. The summed E-state index contributed by atoms with van der Waals surface area (Å²) >= 11 is 5.64.